The largest absolute Gasteiger partial charge is 0.433 e. The van der Waals surface area contributed by atoms with Crippen LogP contribution in [0, 0.1) is 6.92 Å². The van der Waals surface area contributed by atoms with Crippen molar-refractivity contribution in [3.63, 3.8) is 0 Å². The number of aromatic nitrogens is 3. The highest BCUT2D eigenvalue weighted by Gasteiger charge is 2.32. The van der Waals surface area contributed by atoms with E-state index in [9.17, 15) is 18.0 Å². The lowest BCUT2D eigenvalue weighted by Gasteiger charge is -2.06. The molecule has 10 heteroatoms. The second-order valence-electron chi connectivity index (χ2n) is 5.78. The monoisotopic (exact) mass is 424 g/mol. The fraction of sp³-hybridized carbons (Fsp3) is 0.222. The molecular formula is C18H15F3N4OS2. The SMILES string of the molecule is Cc1ccccc1NC(=O)Cc1nc(CSc2nccc(C(F)(F)F)n2)cs1. The first-order valence-electron chi connectivity index (χ1n) is 8.13. The second kappa shape index (κ2) is 8.70. The minimum absolute atomic E-state index is 0.0293. The van der Waals surface area contributed by atoms with E-state index in [0.29, 0.717) is 16.5 Å². The number of benzene rings is 1. The zero-order chi connectivity index (χ0) is 20.1. The molecule has 0 aliphatic heterocycles. The number of carbonyl (C=O) groups excluding carboxylic acids is 1. The quantitative estimate of drug-likeness (QED) is 0.458. The minimum Gasteiger partial charge on any atom is -0.325 e. The molecule has 0 radical (unpaired) electrons. The third-order valence-corrected chi connectivity index (χ3v) is 5.40. The normalized spacial score (nSPS) is 11.4. The number of thiazole rings is 1. The number of para-hydroxylation sites is 1. The maximum Gasteiger partial charge on any atom is 0.433 e. The summed E-state index contributed by atoms with van der Waals surface area (Å²) in [6.07, 6.45) is -3.29. The van der Waals surface area contributed by atoms with Crippen molar-refractivity contribution in [2.75, 3.05) is 5.32 Å². The number of alkyl halides is 3. The van der Waals surface area contributed by atoms with Gasteiger partial charge in [-0.15, -0.1) is 11.3 Å². The van der Waals surface area contributed by atoms with Crippen LogP contribution in [-0.2, 0) is 23.1 Å². The molecule has 0 fully saturated rings. The van der Waals surface area contributed by atoms with Crippen molar-refractivity contribution >= 4 is 34.7 Å². The van der Waals surface area contributed by atoms with Crippen LogP contribution in [0.1, 0.15) is 22.0 Å². The molecule has 0 spiro atoms. The van der Waals surface area contributed by atoms with Gasteiger partial charge in [-0.1, -0.05) is 30.0 Å². The molecule has 0 aliphatic carbocycles. The molecule has 1 amide bonds. The molecule has 146 valence electrons. The summed E-state index contributed by atoms with van der Waals surface area (Å²) in [4.78, 5) is 23.9. The predicted molar refractivity (Wildman–Crippen MR) is 102 cm³/mol. The van der Waals surface area contributed by atoms with Gasteiger partial charge in [0.05, 0.1) is 12.1 Å². The van der Waals surface area contributed by atoms with Crippen molar-refractivity contribution in [3.05, 3.63) is 63.9 Å². The van der Waals surface area contributed by atoms with Gasteiger partial charge in [0.1, 0.15) is 10.7 Å². The van der Waals surface area contributed by atoms with Crippen LogP contribution in [0.4, 0.5) is 18.9 Å². The van der Waals surface area contributed by atoms with Crippen molar-refractivity contribution < 1.29 is 18.0 Å². The summed E-state index contributed by atoms with van der Waals surface area (Å²) in [5, 5.41) is 5.28. The van der Waals surface area contributed by atoms with Crippen LogP contribution in [0.5, 0.6) is 0 Å². The number of hydrogen-bond acceptors (Lipinski definition) is 6. The first-order valence-corrected chi connectivity index (χ1v) is 9.99. The topological polar surface area (TPSA) is 67.8 Å². The van der Waals surface area contributed by atoms with Gasteiger partial charge >= 0.3 is 6.18 Å². The summed E-state index contributed by atoms with van der Waals surface area (Å²) in [6.45, 7) is 1.91. The molecule has 0 aliphatic rings. The van der Waals surface area contributed by atoms with E-state index in [2.05, 4.69) is 20.3 Å². The Bertz CT molecular complexity index is 975. The Hall–Kier alpha value is -2.46. The Kier molecular flexibility index (Phi) is 6.30. The molecule has 0 saturated carbocycles. The van der Waals surface area contributed by atoms with E-state index in [0.717, 1.165) is 35.3 Å². The molecule has 5 nitrogen and oxygen atoms in total. The molecule has 1 N–H and O–H groups in total. The third kappa shape index (κ3) is 5.52. The average Bonchev–Trinajstić information content (AvgIpc) is 3.09. The number of rotatable bonds is 6. The highest BCUT2D eigenvalue weighted by atomic mass is 32.2. The van der Waals surface area contributed by atoms with E-state index in [1.54, 1.807) is 5.38 Å². The fourth-order valence-electron chi connectivity index (χ4n) is 2.25. The van der Waals surface area contributed by atoms with Gasteiger partial charge in [0.15, 0.2) is 5.16 Å². The second-order valence-corrected chi connectivity index (χ2v) is 7.67. The molecule has 0 unspecified atom stereocenters. The lowest BCUT2D eigenvalue weighted by molar-refractivity contribution is -0.141. The van der Waals surface area contributed by atoms with Gasteiger partial charge in [0.25, 0.3) is 0 Å². The molecular weight excluding hydrogens is 409 g/mol. The Morgan fingerprint density at radius 1 is 1.21 bits per heavy atom. The summed E-state index contributed by atoms with van der Waals surface area (Å²) in [7, 11) is 0. The van der Waals surface area contributed by atoms with Gasteiger partial charge in [0, 0.05) is 23.0 Å². The van der Waals surface area contributed by atoms with Crippen molar-refractivity contribution in [2.24, 2.45) is 0 Å². The van der Waals surface area contributed by atoms with Crippen molar-refractivity contribution in [3.8, 4) is 0 Å². The lowest BCUT2D eigenvalue weighted by Crippen LogP contribution is -2.15. The predicted octanol–water partition coefficient (Wildman–Crippen LogP) is 4.73. The summed E-state index contributed by atoms with van der Waals surface area (Å²) in [5.74, 6) is 0.140. The molecule has 1 aromatic carbocycles. The number of carbonyl (C=O) groups is 1. The molecule has 2 aromatic heterocycles. The van der Waals surface area contributed by atoms with Gasteiger partial charge in [-0.25, -0.2) is 15.0 Å². The third-order valence-electron chi connectivity index (χ3n) is 3.60. The summed E-state index contributed by atoms with van der Waals surface area (Å²) < 4.78 is 38.1. The summed E-state index contributed by atoms with van der Waals surface area (Å²) in [6, 6.07) is 8.30. The summed E-state index contributed by atoms with van der Waals surface area (Å²) in [5.41, 5.74) is 1.40. The highest BCUT2D eigenvalue weighted by molar-refractivity contribution is 7.98. The molecule has 0 atom stereocenters. The minimum atomic E-state index is -4.50. The van der Waals surface area contributed by atoms with E-state index in [4.69, 9.17) is 0 Å². The fourth-order valence-corrected chi connectivity index (χ4v) is 3.87. The first kappa shape index (κ1) is 20.3. The molecule has 3 rings (SSSR count). The van der Waals surface area contributed by atoms with E-state index < -0.39 is 11.9 Å². The van der Waals surface area contributed by atoms with Crippen LogP contribution >= 0.6 is 23.1 Å². The molecule has 28 heavy (non-hydrogen) atoms. The molecule has 0 saturated heterocycles. The van der Waals surface area contributed by atoms with Gasteiger partial charge in [-0.05, 0) is 24.6 Å². The number of nitrogens with one attached hydrogen (secondary N) is 1. The van der Waals surface area contributed by atoms with Gasteiger partial charge < -0.3 is 5.32 Å². The Morgan fingerprint density at radius 2 is 2.00 bits per heavy atom. The number of amides is 1. The van der Waals surface area contributed by atoms with Crippen molar-refractivity contribution in [1.29, 1.82) is 0 Å². The van der Waals surface area contributed by atoms with Gasteiger partial charge in [0.2, 0.25) is 5.91 Å². The number of halogens is 3. The molecule has 0 bridgehead atoms. The highest BCUT2D eigenvalue weighted by Crippen LogP contribution is 2.29. The maximum atomic E-state index is 12.7. The van der Waals surface area contributed by atoms with Crippen LogP contribution in [-0.4, -0.2) is 20.9 Å². The Labute approximate surface area is 167 Å². The average molecular weight is 424 g/mol. The van der Waals surface area contributed by atoms with E-state index >= 15 is 0 Å². The lowest BCUT2D eigenvalue weighted by atomic mass is 10.2. The zero-order valence-corrected chi connectivity index (χ0v) is 16.3. The summed E-state index contributed by atoms with van der Waals surface area (Å²) >= 11 is 2.39. The number of anilines is 1. The zero-order valence-electron chi connectivity index (χ0n) is 14.7. The number of nitrogens with zero attached hydrogens (tertiary/aromatic N) is 3. The Morgan fingerprint density at radius 3 is 2.75 bits per heavy atom. The van der Waals surface area contributed by atoms with Crippen LogP contribution in [0.15, 0.2) is 47.1 Å². The van der Waals surface area contributed by atoms with E-state index in [1.165, 1.54) is 11.3 Å². The number of hydrogen-bond donors (Lipinski definition) is 1. The van der Waals surface area contributed by atoms with Crippen LogP contribution < -0.4 is 5.32 Å². The first-order chi connectivity index (χ1) is 13.3. The van der Waals surface area contributed by atoms with Gasteiger partial charge in [-0.2, -0.15) is 13.2 Å². The smallest absolute Gasteiger partial charge is 0.325 e. The van der Waals surface area contributed by atoms with Crippen molar-refractivity contribution in [2.45, 2.75) is 30.4 Å². The van der Waals surface area contributed by atoms with Crippen LogP contribution in [0.3, 0.4) is 0 Å². The Balaban J connectivity index is 1.56. The van der Waals surface area contributed by atoms with E-state index in [-0.39, 0.29) is 17.5 Å². The number of aryl methyl sites for hydroxylation is 1. The van der Waals surface area contributed by atoms with Crippen LogP contribution in [0.2, 0.25) is 0 Å². The number of thioether (sulfide) groups is 1. The maximum absolute atomic E-state index is 12.7. The molecule has 3 aromatic rings. The molecule has 2 heterocycles. The van der Waals surface area contributed by atoms with E-state index in [1.807, 2.05) is 31.2 Å². The van der Waals surface area contributed by atoms with Crippen LogP contribution in [0.25, 0.3) is 0 Å². The van der Waals surface area contributed by atoms with Crippen molar-refractivity contribution in [1.82, 2.24) is 15.0 Å². The standard InChI is InChI=1S/C18H15F3N4OS2/c1-11-4-2-3-5-13(11)24-15(26)8-16-23-12(9-27-16)10-28-17-22-7-6-14(25-17)18(19,20)21/h2-7,9H,8,10H2,1H3,(H,24,26). The van der Waals surface area contributed by atoms with Gasteiger partial charge in [-0.3, -0.25) is 4.79 Å².